The van der Waals surface area contributed by atoms with Crippen LogP contribution in [-0.2, 0) is 10.0 Å². The highest BCUT2D eigenvalue weighted by Gasteiger charge is 2.41. The summed E-state index contributed by atoms with van der Waals surface area (Å²) in [5.74, 6) is 1.28. The molecule has 2 aromatic heterocycles. The molecule has 0 atom stereocenters. The maximum absolute atomic E-state index is 12.9. The van der Waals surface area contributed by atoms with E-state index in [1.165, 1.54) is 4.31 Å². The molecule has 136 valence electrons. The van der Waals surface area contributed by atoms with Gasteiger partial charge in [-0.05, 0) is 30.5 Å². The lowest BCUT2D eigenvalue weighted by atomic mass is 10.0. The third-order valence-electron chi connectivity index (χ3n) is 4.19. The van der Waals surface area contributed by atoms with Crippen molar-refractivity contribution in [2.75, 3.05) is 19.7 Å². The zero-order valence-corrected chi connectivity index (χ0v) is 15.7. The van der Waals surface area contributed by atoms with Gasteiger partial charge < -0.3 is 9.26 Å². The van der Waals surface area contributed by atoms with E-state index < -0.39 is 10.0 Å². The van der Waals surface area contributed by atoms with E-state index in [-0.39, 0.29) is 10.8 Å². The molecule has 0 aliphatic carbocycles. The third kappa shape index (κ3) is 3.02. The summed E-state index contributed by atoms with van der Waals surface area (Å²) in [5.41, 5.74) is 0.902. The summed E-state index contributed by atoms with van der Waals surface area (Å²) in [6.45, 7) is 2.86. The molecule has 1 fully saturated rings. The SMILES string of the molecule is CCOc1ccccc1S(=O)(=O)N1CC(c2nc(-c3ccsc3)no2)C1. The number of hydrogen-bond acceptors (Lipinski definition) is 7. The van der Waals surface area contributed by atoms with Crippen molar-refractivity contribution in [2.45, 2.75) is 17.7 Å². The van der Waals surface area contributed by atoms with Crippen LogP contribution >= 0.6 is 11.3 Å². The number of para-hydroxylation sites is 1. The van der Waals surface area contributed by atoms with Crippen LogP contribution in [0, 0.1) is 0 Å². The number of sulfonamides is 1. The van der Waals surface area contributed by atoms with Crippen LogP contribution in [0.15, 0.2) is 50.5 Å². The van der Waals surface area contributed by atoms with Gasteiger partial charge in [-0.1, -0.05) is 17.3 Å². The zero-order chi connectivity index (χ0) is 18.1. The van der Waals surface area contributed by atoms with Gasteiger partial charge in [-0.25, -0.2) is 8.42 Å². The summed E-state index contributed by atoms with van der Waals surface area (Å²) < 4.78 is 37.9. The van der Waals surface area contributed by atoms with E-state index in [2.05, 4.69) is 10.1 Å². The number of nitrogens with zero attached hydrogens (tertiary/aromatic N) is 3. The van der Waals surface area contributed by atoms with E-state index in [1.807, 2.05) is 23.8 Å². The fourth-order valence-electron chi connectivity index (χ4n) is 2.78. The molecule has 0 radical (unpaired) electrons. The van der Waals surface area contributed by atoms with Gasteiger partial charge >= 0.3 is 0 Å². The maximum atomic E-state index is 12.9. The average molecular weight is 391 g/mol. The number of thiophene rings is 1. The van der Waals surface area contributed by atoms with Crippen molar-refractivity contribution >= 4 is 21.4 Å². The first-order chi connectivity index (χ1) is 12.6. The van der Waals surface area contributed by atoms with E-state index in [0.717, 1.165) is 5.56 Å². The lowest BCUT2D eigenvalue weighted by Crippen LogP contribution is -2.48. The third-order valence-corrected chi connectivity index (χ3v) is 6.74. The highest BCUT2D eigenvalue weighted by atomic mass is 32.2. The summed E-state index contributed by atoms with van der Waals surface area (Å²) in [5, 5.41) is 7.86. The van der Waals surface area contributed by atoms with Crippen molar-refractivity contribution in [3.63, 3.8) is 0 Å². The Kier molecular flexibility index (Phi) is 4.51. The number of aromatic nitrogens is 2. The van der Waals surface area contributed by atoms with Gasteiger partial charge in [-0.3, -0.25) is 0 Å². The standard InChI is InChI=1S/C17H17N3O4S2/c1-2-23-14-5-3-4-6-15(14)26(21,22)20-9-13(10-20)17-18-16(19-24-17)12-7-8-25-11-12/h3-8,11,13H,2,9-10H2,1H3. The van der Waals surface area contributed by atoms with E-state index in [9.17, 15) is 8.42 Å². The molecule has 0 unspecified atom stereocenters. The molecule has 3 aromatic rings. The molecule has 1 aliphatic heterocycles. The lowest BCUT2D eigenvalue weighted by Gasteiger charge is -2.36. The minimum absolute atomic E-state index is 0.0936. The number of benzene rings is 1. The molecule has 0 spiro atoms. The zero-order valence-electron chi connectivity index (χ0n) is 14.0. The molecule has 0 bridgehead atoms. The molecule has 1 aromatic carbocycles. The summed E-state index contributed by atoms with van der Waals surface area (Å²) in [6.07, 6.45) is 0. The Morgan fingerprint density at radius 2 is 2.12 bits per heavy atom. The first-order valence-corrected chi connectivity index (χ1v) is 10.6. The second kappa shape index (κ2) is 6.82. The predicted octanol–water partition coefficient (Wildman–Crippen LogP) is 2.98. The van der Waals surface area contributed by atoms with Crippen molar-refractivity contribution in [1.82, 2.24) is 14.4 Å². The van der Waals surface area contributed by atoms with Crippen LogP contribution in [0.1, 0.15) is 18.7 Å². The summed E-state index contributed by atoms with van der Waals surface area (Å²) in [6, 6.07) is 8.60. The smallest absolute Gasteiger partial charge is 0.246 e. The highest BCUT2D eigenvalue weighted by Crippen LogP contribution is 2.35. The van der Waals surface area contributed by atoms with Crippen molar-refractivity contribution < 1.29 is 17.7 Å². The van der Waals surface area contributed by atoms with Crippen LogP contribution < -0.4 is 4.74 Å². The van der Waals surface area contributed by atoms with Gasteiger partial charge in [0.2, 0.25) is 21.7 Å². The van der Waals surface area contributed by atoms with E-state index in [0.29, 0.717) is 37.2 Å². The molecule has 9 heteroatoms. The van der Waals surface area contributed by atoms with Gasteiger partial charge in [-0.2, -0.15) is 20.6 Å². The van der Waals surface area contributed by atoms with Gasteiger partial charge in [0, 0.05) is 24.0 Å². The van der Waals surface area contributed by atoms with E-state index >= 15 is 0 Å². The van der Waals surface area contributed by atoms with Gasteiger partial charge in [0.05, 0.1) is 12.5 Å². The summed E-state index contributed by atoms with van der Waals surface area (Å²) in [4.78, 5) is 4.58. The Labute approximate surface area is 155 Å². The van der Waals surface area contributed by atoms with Gasteiger partial charge in [-0.15, -0.1) is 0 Å². The second-order valence-electron chi connectivity index (χ2n) is 5.87. The molecule has 7 nitrogen and oxygen atoms in total. The van der Waals surface area contributed by atoms with Crippen molar-refractivity contribution in [2.24, 2.45) is 0 Å². The molecule has 3 heterocycles. The topological polar surface area (TPSA) is 85.5 Å². The molecular weight excluding hydrogens is 374 g/mol. The van der Waals surface area contributed by atoms with Crippen LogP contribution in [0.2, 0.25) is 0 Å². The maximum Gasteiger partial charge on any atom is 0.246 e. The first-order valence-electron chi connectivity index (χ1n) is 8.17. The fourth-order valence-corrected chi connectivity index (χ4v) is 5.07. The normalized spacial score (nSPS) is 15.7. The van der Waals surface area contributed by atoms with Crippen LogP contribution in [0.3, 0.4) is 0 Å². The first kappa shape index (κ1) is 17.2. The highest BCUT2D eigenvalue weighted by molar-refractivity contribution is 7.89. The van der Waals surface area contributed by atoms with Crippen LogP contribution in [0.25, 0.3) is 11.4 Å². The number of hydrogen-bond donors (Lipinski definition) is 0. The Morgan fingerprint density at radius 3 is 2.85 bits per heavy atom. The van der Waals surface area contributed by atoms with Crippen LogP contribution in [0.4, 0.5) is 0 Å². The summed E-state index contributed by atoms with van der Waals surface area (Å²) >= 11 is 1.56. The summed E-state index contributed by atoms with van der Waals surface area (Å²) in [7, 11) is -3.61. The van der Waals surface area contributed by atoms with Gasteiger partial charge in [0.15, 0.2) is 0 Å². The molecule has 0 amide bonds. The molecule has 1 saturated heterocycles. The Morgan fingerprint density at radius 1 is 1.31 bits per heavy atom. The minimum Gasteiger partial charge on any atom is -0.492 e. The number of ether oxygens (including phenoxy) is 1. The Bertz CT molecular complexity index is 993. The van der Waals surface area contributed by atoms with Crippen molar-refractivity contribution in [1.29, 1.82) is 0 Å². The van der Waals surface area contributed by atoms with E-state index in [1.54, 1.807) is 35.6 Å². The lowest BCUT2D eigenvalue weighted by molar-refractivity contribution is 0.216. The minimum atomic E-state index is -3.61. The molecular formula is C17H17N3O4S2. The predicted molar refractivity (Wildman–Crippen MR) is 96.7 cm³/mol. The van der Waals surface area contributed by atoms with Crippen molar-refractivity contribution in [3.05, 3.63) is 47.0 Å². The quantitative estimate of drug-likeness (QED) is 0.642. The van der Waals surface area contributed by atoms with Gasteiger partial charge in [0.1, 0.15) is 10.6 Å². The molecule has 4 rings (SSSR count). The Balaban J connectivity index is 1.49. The van der Waals surface area contributed by atoms with Crippen molar-refractivity contribution in [3.8, 4) is 17.1 Å². The molecule has 26 heavy (non-hydrogen) atoms. The molecule has 0 saturated carbocycles. The molecule has 0 N–H and O–H groups in total. The largest absolute Gasteiger partial charge is 0.492 e. The van der Waals surface area contributed by atoms with E-state index in [4.69, 9.17) is 9.26 Å². The van der Waals surface area contributed by atoms with Crippen LogP contribution in [0.5, 0.6) is 5.75 Å². The monoisotopic (exact) mass is 391 g/mol. The fraction of sp³-hybridized carbons (Fsp3) is 0.294. The average Bonchev–Trinajstić information content (AvgIpc) is 3.25. The van der Waals surface area contributed by atoms with Gasteiger partial charge in [0.25, 0.3) is 0 Å². The number of rotatable bonds is 6. The molecule has 1 aliphatic rings. The Hall–Kier alpha value is -2.23. The van der Waals surface area contributed by atoms with Crippen LogP contribution in [-0.4, -0.2) is 42.6 Å². The second-order valence-corrected chi connectivity index (χ2v) is 8.55.